The van der Waals surface area contributed by atoms with Gasteiger partial charge in [-0.05, 0) is 12.2 Å². The van der Waals surface area contributed by atoms with Crippen molar-refractivity contribution >= 4 is 22.9 Å². The summed E-state index contributed by atoms with van der Waals surface area (Å²) in [6.45, 7) is 0. The largest absolute Gasteiger partial charge is 0.339 e. The van der Waals surface area contributed by atoms with E-state index in [1.54, 1.807) is 6.20 Å². The van der Waals surface area contributed by atoms with Gasteiger partial charge in [-0.15, -0.1) is 0 Å². The van der Waals surface area contributed by atoms with Crippen LogP contribution in [0.25, 0.3) is 11.2 Å². The van der Waals surface area contributed by atoms with E-state index in [2.05, 4.69) is 19.9 Å². The second kappa shape index (κ2) is 3.24. The number of hydrogen-bond donors (Lipinski definition) is 1. The van der Waals surface area contributed by atoms with Crippen LogP contribution in [0.15, 0.2) is 12.5 Å². The van der Waals surface area contributed by atoms with Crippen LogP contribution in [0.4, 0.5) is 0 Å². The number of H-pyrrole nitrogens is 1. The van der Waals surface area contributed by atoms with Gasteiger partial charge in [0.15, 0.2) is 5.65 Å². The van der Waals surface area contributed by atoms with Gasteiger partial charge in [0.25, 0.3) is 0 Å². The highest BCUT2D eigenvalue weighted by atomic mass is 32.2. The number of imidazole rings is 1. The predicted octanol–water partition coefficient (Wildman–Crippen LogP) is 1.57. The molecule has 0 amide bonds. The lowest BCUT2D eigenvalue weighted by Crippen LogP contribution is -1.98. The topological polar surface area (TPSA) is 54.5 Å². The van der Waals surface area contributed by atoms with Crippen LogP contribution in [-0.2, 0) is 0 Å². The van der Waals surface area contributed by atoms with Gasteiger partial charge in [-0.3, -0.25) is 0 Å². The monoisotopic (exact) mass is 206 g/mol. The van der Waals surface area contributed by atoms with Crippen LogP contribution >= 0.6 is 11.8 Å². The molecule has 5 heteroatoms. The molecule has 14 heavy (non-hydrogen) atoms. The van der Waals surface area contributed by atoms with Crippen molar-refractivity contribution in [3.63, 3.8) is 0 Å². The SMILES string of the molecule is c1ncc2[nH]c(C3CCSC3)nc2n1. The van der Waals surface area contributed by atoms with Gasteiger partial charge in [-0.2, -0.15) is 11.8 Å². The van der Waals surface area contributed by atoms with Crippen molar-refractivity contribution < 1.29 is 0 Å². The van der Waals surface area contributed by atoms with Crippen LogP contribution < -0.4 is 0 Å². The molecule has 1 aliphatic heterocycles. The van der Waals surface area contributed by atoms with Crippen molar-refractivity contribution in [1.29, 1.82) is 0 Å². The zero-order chi connectivity index (χ0) is 9.38. The maximum atomic E-state index is 4.47. The van der Waals surface area contributed by atoms with E-state index in [0.29, 0.717) is 5.92 Å². The van der Waals surface area contributed by atoms with Crippen molar-refractivity contribution in [3.8, 4) is 0 Å². The van der Waals surface area contributed by atoms with Gasteiger partial charge in [0.2, 0.25) is 0 Å². The van der Waals surface area contributed by atoms with Gasteiger partial charge in [0, 0.05) is 11.7 Å². The third kappa shape index (κ3) is 1.28. The summed E-state index contributed by atoms with van der Waals surface area (Å²) in [6, 6.07) is 0. The smallest absolute Gasteiger partial charge is 0.180 e. The number of hydrogen-bond acceptors (Lipinski definition) is 4. The molecule has 1 N–H and O–H groups in total. The minimum absolute atomic E-state index is 0.578. The molecule has 0 radical (unpaired) electrons. The van der Waals surface area contributed by atoms with Crippen molar-refractivity contribution in [2.24, 2.45) is 0 Å². The van der Waals surface area contributed by atoms with E-state index in [4.69, 9.17) is 0 Å². The summed E-state index contributed by atoms with van der Waals surface area (Å²) < 4.78 is 0. The Morgan fingerprint density at radius 2 is 2.50 bits per heavy atom. The molecule has 1 atom stereocenters. The number of rotatable bonds is 1. The first-order valence-corrected chi connectivity index (χ1v) is 5.82. The molecule has 1 fully saturated rings. The summed E-state index contributed by atoms with van der Waals surface area (Å²) in [7, 11) is 0. The average molecular weight is 206 g/mol. The van der Waals surface area contributed by atoms with E-state index in [1.165, 1.54) is 24.3 Å². The van der Waals surface area contributed by atoms with E-state index < -0.39 is 0 Å². The van der Waals surface area contributed by atoms with Gasteiger partial charge in [0.1, 0.15) is 17.7 Å². The average Bonchev–Trinajstić information content (AvgIpc) is 2.86. The fraction of sp³-hybridized carbons (Fsp3) is 0.444. The van der Waals surface area contributed by atoms with Crippen LogP contribution in [0.1, 0.15) is 18.2 Å². The number of aromatic amines is 1. The van der Waals surface area contributed by atoms with Crippen LogP contribution in [0.2, 0.25) is 0 Å². The third-order valence-electron chi connectivity index (χ3n) is 2.50. The zero-order valence-electron chi connectivity index (χ0n) is 7.60. The van der Waals surface area contributed by atoms with Gasteiger partial charge < -0.3 is 4.98 Å². The van der Waals surface area contributed by atoms with Crippen LogP contribution in [0.3, 0.4) is 0 Å². The number of fused-ring (bicyclic) bond motifs is 1. The van der Waals surface area contributed by atoms with Gasteiger partial charge in [-0.25, -0.2) is 15.0 Å². The van der Waals surface area contributed by atoms with Crippen molar-refractivity contribution in [2.45, 2.75) is 12.3 Å². The standard InChI is InChI=1S/C9H10N4S/c1-2-14-4-6(1)8-12-7-3-10-5-11-9(7)13-8/h3,5-6H,1-2,4H2,(H,10,11,12,13). The lowest BCUT2D eigenvalue weighted by atomic mass is 10.1. The Bertz CT molecular complexity index is 414. The molecule has 0 aliphatic carbocycles. The third-order valence-corrected chi connectivity index (χ3v) is 3.66. The molecule has 1 unspecified atom stereocenters. The highest BCUT2D eigenvalue weighted by molar-refractivity contribution is 7.99. The highest BCUT2D eigenvalue weighted by Crippen LogP contribution is 2.31. The maximum absolute atomic E-state index is 4.47. The summed E-state index contributed by atoms with van der Waals surface area (Å²) in [4.78, 5) is 15.8. The Labute approximate surface area is 85.6 Å². The minimum atomic E-state index is 0.578. The highest BCUT2D eigenvalue weighted by Gasteiger charge is 2.20. The second-order valence-corrected chi connectivity index (χ2v) is 4.59. The van der Waals surface area contributed by atoms with Gasteiger partial charge >= 0.3 is 0 Å². The molecule has 0 saturated carbocycles. The Morgan fingerprint density at radius 3 is 3.29 bits per heavy atom. The molecular formula is C9H10N4S. The molecule has 3 heterocycles. The molecule has 2 aromatic heterocycles. The second-order valence-electron chi connectivity index (χ2n) is 3.44. The number of nitrogens with one attached hydrogen (secondary N) is 1. The number of aromatic nitrogens is 4. The molecule has 0 spiro atoms. The molecule has 0 aromatic carbocycles. The first kappa shape index (κ1) is 8.23. The molecule has 72 valence electrons. The Balaban J connectivity index is 2.05. The Kier molecular flexibility index (Phi) is 1.90. The van der Waals surface area contributed by atoms with E-state index in [9.17, 15) is 0 Å². The molecule has 4 nitrogen and oxygen atoms in total. The molecule has 1 saturated heterocycles. The van der Waals surface area contributed by atoms with Gasteiger partial charge in [-0.1, -0.05) is 0 Å². The number of thioether (sulfide) groups is 1. The summed E-state index contributed by atoms with van der Waals surface area (Å²) >= 11 is 1.99. The van der Waals surface area contributed by atoms with Crippen molar-refractivity contribution in [3.05, 3.63) is 18.3 Å². The minimum Gasteiger partial charge on any atom is -0.339 e. The molecule has 2 aromatic rings. The van der Waals surface area contributed by atoms with E-state index in [1.807, 2.05) is 11.8 Å². The van der Waals surface area contributed by atoms with Crippen LogP contribution in [-0.4, -0.2) is 31.4 Å². The maximum Gasteiger partial charge on any atom is 0.180 e. The quantitative estimate of drug-likeness (QED) is 0.769. The zero-order valence-corrected chi connectivity index (χ0v) is 8.42. The first-order valence-electron chi connectivity index (χ1n) is 4.67. The van der Waals surface area contributed by atoms with E-state index in [0.717, 1.165) is 17.0 Å². The fourth-order valence-corrected chi connectivity index (χ4v) is 2.95. The lowest BCUT2D eigenvalue weighted by molar-refractivity contribution is 0.733. The van der Waals surface area contributed by atoms with Crippen molar-refractivity contribution in [2.75, 3.05) is 11.5 Å². The molecule has 1 aliphatic rings. The molecular weight excluding hydrogens is 196 g/mol. The predicted molar refractivity (Wildman–Crippen MR) is 56.4 cm³/mol. The lowest BCUT2D eigenvalue weighted by Gasteiger charge is -2.01. The summed E-state index contributed by atoms with van der Waals surface area (Å²) in [6.07, 6.45) is 4.54. The summed E-state index contributed by atoms with van der Waals surface area (Å²) in [5.74, 6) is 4.07. The van der Waals surface area contributed by atoms with E-state index in [-0.39, 0.29) is 0 Å². The summed E-state index contributed by atoms with van der Waals surface area (Å²) in [5, 5.41) is 0. The Morgan fingerprint density at radius 1 is 1.50 bits per heavy atom. The molecule has 3 rings (SSSR count). The summed E-state index contributed by atoms with van der Waals surface area (Å²) in [5.41, 5.74) is 1.73. The van der Waals surface area contributed by atoms with Crippen molar-refractivity contribution in [1.82, 2.24) is 19.9 Å². The van der Waals surface area contributed by atoms with Crippen LogP contribution in [0.5, 0.6) is 0 Å². The molecule has 0 bridgehead atoms. The first-order chi connectivity index (χ1) is 6.93. The van der Waals surface area contributed by atoms with E-state index >= 15 is 0 Å². The van der Waals surface area contributed by atoms with Crippen LogP contribution in [0, 0.1) is 0 Å². The Hall–Kier alpha value is -1.10. The fourth-order valence-electron chi connectivity index (χ4n) is 1.72. The van der Waals surface area contributed by atoms with Gasteiger partial charge in [0.05, 0.1) is 6.20 Å². The normalized spacial score (nSPS) is 21.9. The number of nitrogens with zero attached hydrogens (tertiary/aromatic N) is 3.